The maximum absolute atomic E-state index is 11.9. The summed E-state index contributed by atoms with van der Waals surface area (Å²) >= 11 is 0. The molecule has 0 aliphatic rings. The number of esters is 1. The second-order valence-corrected chi connectivity index (χ2v) is 4.60. The van der Waals surface area contributed by atoms with E-state index in [1.807, 2.05) is 37.3 Å². The Morgan fingerprint density at radius 1 is 1.14 bits per heavy atom. The molecule has 0 fully saturated rings. The van der Waals surface area contributed by atoms with E-state index < -0.39 is 0 Å². The van der Waals surface area contributed by atoms with Gasteiger partial charge in [-0.15, -0.1) is 5.11 Å². The Hall–Kier alpha value is -2.69. The van der Waals surface area contributed by atoms with E-state index in [-0.39, 0.29) is 5.97 Å². The highest BCUT2D eigenvalue weighted by Crippen LogP contribution is 2.34. The molecular formula is C17H18N2O3. The zero-order valence-electron chi connectivity index (χ0n) is 12.9. The average molecular weight is 298 g/mol. The Labute approximate surface area is 129 Å². The van der Waals surface area contributed by atoms with Crippen LogP contribution in [0.15, 0.2) is 52.7 Å². The third-order valence-corrected chi connectivity index (χ3v) is 3.00. The van der Waals surface area contributed by atoms with E-state index in [4.69, 9.17) is 9.47 Å². The first-order chi connectivity index (χ1) is 10.7. The van der Waals surface area contributed by atoms with E-state index in [0.717, 1.165) is 11.3 Å². The number of methoxy groups -OCH3 is 1. The largest absolute Gasteiger partial charge is 0.494 e. The molecule has 2 aromatic rings. The SMILES string of the molecule is CCOC(=O)c1cc(C)c(OC)c(N=Nc2ccccc2)c1. The fraction of sp³-hybridized carbons (Fsp3) is 0.235. The molecule has 0 aliphatic carbocycles. The fourth-order valence-electron chi connectivity index (χ4n) is 2.03. The molecule has 114 valence electrons. The molecule has 0 radical (unpaired) electrons. The van der Waals surface area contributed by atoms with Gasteiger partial charge in [-0.2, -0.15) is 5.11 Å². The van der Waals surface area contributed by atoms with Crippen molar-refractivity contribution < 1.29 is 14.3 Å². The molecule has 0 aliphatic heterocycles. The Kier molecular flexibility index (Phi) is 5.25. The highest BCUT2D eigenvalue weighted by atomic mass is 16.5. The van der Waals surface area contributed by atoms with Crippen molar-refractivity contribution in [3.8, 4) is 5.75 Å². The van der Waals surface area contributed by atoms with Gasteiger partial charge in [-0.05, 0) is 43.7 Å². The van der Waals surface area contributed by atoms with Gasteiger partial charge in [0.05, 0.1) is 25.0 Å². The third-order valence-electron chi connectivity index (χ3n) is 3.00. The topological polar surface area (TPSA) is 60.2 Å². The molecule has 0 bridgehead atoms. The molecule has 0 aromatic heterocycles. The molecule has 0 N–H and O–H groups in total. The quantitative estimate of drug-likeness (QED) is 0.599. The average Bonchev–Trinajstić information content (AvgIpc) is 2.53. The predicted molar refractivity (Wildman–Crippen MR) is 84.3 cm³/mol. The lowest BCUT2D eigenvalue weighted by Crippen LogP contribution is -2.05. The zero-order chi connectivity index (χ0) is 15.9. The number of carbonyl (C=O) groups is 1. The molecule has 0 amide bonds. The van der Waals surface area contributed by atoms with Gasteiger partial charge in [-0.3, -0.25) is 0 Å². The normalized spacial score (nSPS) is 10.7. The summed E-state index contributed by atoms with van der Waals surface area (Å²) in [5.41, 5.74) is 2.45. The summed E-state index contributed by atoms with van der Waals surface area (Å²) in [6.07, 6.45) is 0. The molecule has 0 heterocycles. The summed E-state index contributed by atoms with van der Waals surface area (Å²) in [4.78, 5) is 11.9. The minimum atomic E-state index is -0.385. The van der Waals surface area contributed by atoms with Crippen LogP contribution in [0.25, 0.3) is 0 Å². The second-order valence-electron chi connectivity index (χ2n) is 4.60. The van der Waals surface area contributed by atoms with Gasteiger partial charge in [0.1, 0.15) is 11.4 Å². The molecule has 0 unspecified atom stereocenters. The fourth-order valence-corrected chi connectivity index (χ4v) is 2.03. The van der Waals surface area contributed by atoms with E-state index in [1.54, 1.807) is 26.2 Å². The second kappa shape index (κ2) is 7.36. The number of hydrogen-bond acceptors (Lipinski definition) is 5. The Morgan fingerprint density at radius 2 is 1.86 bits per heavy atom. The number of aryl methyl sites for hydroxylation is 1. The monoisotopic (exact) mass is 298 g/mol. The maximum Gasteiger partial charge on any atom is 0.338 e. The van der Waals surface area contributed by atoms with Crippen molar-refractivity contribution in [1.82, 2.24) is 0 Å². The number of ether oxygens (including phenoxy) is 2. The van der Waals surface area contributed by atoms with E-state index in [0.29, 0.717) is 23.6 Å². The lowest BCUT2D eigenvalue weighted by Gasteiger charge is -2.10. The van der Waals surface area contributed by atoms with Crippen LogP contribution in [0, 0.1) is 6.92 Å². The van der Waals surface area contributed by atoms with Crippen LogP contribution in [0.5, 0.6) is 5.75 Å². The van der Waals surface area contributed by atoms with Gasteiger partial charge < -0.3 is 9.47 Å². The molecule has 0 saturated heterocycles. The molecule has 22 heavy (non-hydrogen) atoms. The number of benzene rings is 2. The lowest BCUT2D eigenvalue weighted by atomic mass is 10.1. The van der Waals surface area contributed by atoms with E-state index in [9.17, 15) is 4.79 Å². The highest BCUT2D eigenvalue weighted by Gasteiger charge is 2.14. The lowest BCUT2D eigenvalue weighted by molar-refractivity contribution is 0.0526. The number of rotatable bonds is 5. The predicted octanol–water partition coefficient (Wildman–Crippen LogP) is 4.60. The van der Waals surface area contributed by atoms with Crippen molar-refractivity contribution in [3.63, 3.8) is 0 Å². The molecular weight excluding hydrogens is 280 g/mol. The first-order valence-corrected chi connectivity index (χ1v) is 6.98. The van der Waals surface area contributed by atoms with Crippen LogP contribution in [0.3, 0.4) is 0 Å². The van der Waals surface area contributed by atoms with Gasteiger partial charge in [-0.25, -0.2) is 4.79 Å². The van der Waals surface area contributed by atoms with E-state index in [1.165, 1.54) is 0 Å². The van der Waals surface area contributed by atoms with Crippen LogP contribution in [0.1, 0.15) is 22.8 Å². The summed E-state index contributed by atoms with van der Waals surface area (Å²) in [5.74, 6) is 0.206. The number of azo groups is 1. The van der Waals surface area contributed by atoms with E-state index in [2.05, 4.69) is 10.2 Å². The number of hydrogen-bond donors (Lipinski definition) is 0. The minimum absolute atomic E-state index is 0.324. The smallest absolute Gasteiger partial charge is 0.338 e. The first-order valence-electron chi connectivity index (χ1n) is 6.98. The van der Waals surface area contributed by atoms with Gasteiger partial charge in [0.25, 0.3) is 0 Å². The van der Waals surface area contributed by atoms with E-state index >= 15 is 0 Å². The Morgan fingerprint density at radius 3 is 2.50 bits per heavy atom. The van der Waals surface area contributed by atoms with Crippen LogP contribution < -0.4 is 4.74 Å². The molecule has 0 saturated carbocycles. The number of nitrogens with zero attached hydrogens (tertiary/aromatic N) is 2. The van der Waals surface area contributed by atoms with Crippen molar-refractivity contribution in [2.24, 2.45) is 10.2 Å². The third kappa shape index (κ3) is 3.69. The van der Waals surface area contributed by atoms with Gasteiger partial charge in [-0.1, -0.05) is 18.2 Å². The Balaban J connectivity index is 2.39. The van der Waals surface area contributed by atoms with Crippen molar-refractivity contribution >= 4 is 17.3 Å². The Bertz CT molecular complexity index is 682. The molecule has 0 atom stereocenters. The summed E-state index contributed by atoms with van der Waals surface area (Å²) in [6.45, 7) is 3.94. The van der Waals surface area contributed by atoms with Crippen LogP contribution in [-0.2, 0) is 4.74 Å². The molecule has 0 spiro atoms. The van der Waals surface area contributed by atoms with Crippen LogP contribution >= 0.6 is 0 Å². The standard InChI is InChI=1S/C17H18N2O3/c1-4-22-17(20)13-10-12(2)16(21-3)15(11-13)19-18-14-8-6-5-7-9-14/h5-11H,4H2,1-3H3. The number of carbonyl (C=O) groups excluding carboxylic acids is 1. The minimum Gasteiger partial charge on any atom is -0.494 e. The van der Waals surface area contributed by atoms with Crippen molar-refractivity contribution in [1.29, 1.82) is 0 Å². The van der Waals surface area contributed by atoms with Crippen molar-refractivity contribution in [2.45, 2.75) is 13.8 Å². The van der Waals surface area contributed by atoms with Gasteiger partial charge >= 0.3 is 5.97 Å². The summed E-state index contributed by atoms with van der Waals surface area (Å²) in [6, 6.07) is 12.7. The maximum atomic E-state index is 11.9. The van der Waals surface area contributed by atoms with Gasteiger partial charge in [0, 0.05) is 0 Å². The van der Waals surface area contributed by atoms with Crippen molar-refractivity contribution in [2.75, 3.05) is 13.7 Å². The van der Waals surface area contributed by atoms with Gasteiger partial charge in [0.2, 0.25) is 0 Å². The molecule has 5 heteroatoms. The van der Waals surface area contributed by atoms with Crippen molar-refractivity contribution in [3.05, 3.63) is 53.6 Å². The first kappa shape index (κ1) is 15.7. The highest BCUT2D eigenvalue weighted by molar-refractivity contribution is 5.91. The summed E-state index contributed by atoms with van der Waals surface area (Å²) < 4.78 is 10.4. The zero-order valence-corrected chi connectivity index (χ0v) is 12.9. The van der Waals surface area contributed by atoms with Gasteiger partial charge in [0.15, 0.2) is 0 Å². The molecule has 5 nitrogen and oxygen atoms in total. The van der Waals surface area contributed by atoms with Crippen LogP contribution in [0.2, 0.25) is 0 Å². The summed E-state index contributed by atoms with van der Waals surface area (Å²) in [5, 5.41) is 8.37. The summed E-state index contributed by atoms with van der Waals surface area (Å²) in [7, 11) is 1.56. The van der Waals surface area contributed by atoms with Crippen LogP contribution in [0.4, 0.5) is 11.4 Å². The molecule has 2 aromatic carbocycles. The van der Waals surface area contributed by atoms with Crippen LogP contribution in [-0.4, -0.2) is 19.7 Å². The molecule has 2 rings (SSSR count).